The summed E-state index contributed by atoms with van der Waals surface area (Å²) in [5, 5.41) is 19.7. The molecule has 0 aliphatic rings. The fourth-order valence-corrected chi connectivity index (χ4v) is 3.27. The predicted octanol–water partition coefficient (Wildman–Crippen LogP) is 4.28. The van der Waals surface area contributed by atoms with Crippen LogP contribution in [-0.2, 0) is 0 Å². The van der Waals surface area contributed by atoms with Crippen molar-refractivity contribution in [2.24, 2.45) is 0 Å². The van der Waals surface area contributed by atoms with Gasteiger partial charge in [-0.3, -0.25) is 4.79 Å². The Morgan fingerprint density at radius 2 is 1.80 bits per heavy atom. The number of rotatable bonds is 10. The number of amides is 1. The molecule has 4 N–H and O–H groups in total. The van der Waals surface area contributed by atoms with E-state index in [0.717, 1.165) is 11.0 Å². The van der Waals surface area contributed by atoms with Crippen LogP contribution in [-0.4, -0.2) is 39.3 Å². The molecule has 0 fully saturated rings. The van der Waals surface area contributed by atoms with Gasteiger partial charge in [0.2, 0.25) is 0 Å². The lowest BCUT2D eigenvalue weighted by atomic mass is 10.0. The fourth-order valence-electron chi connectivity index (χ4n) is 3.27. The van der Waals surface area contributed by atoms with Gasteiger partial charge in [-0.15, -0.1) is 0 Å². The molecule has 0 unspecified atom stereocenters. The number of aromatic nitrogens is 2. The van der Waals surface area contributed by atoms with Crippen LogP contribution in [0.3, 0.4) is 0 Å². The maximum absolute atomic E-state index is 12.9. The fraction of sp³-hybridized carbons (Fsp3) is 0.273. The van der Waals surface area contributed by atoms with Gasteiger partial charge in [0, 0.05) is 5.71 Å². The maximum atomic E-state index is 12.9. The summed E-state index contributed by atoms with van der Waals surface area (Å²) in [4.78, 5) is 32.1. The summed E-state index contributed by atoms with van der Waals surface area (Å²) in [5.74, 6) is -1.11. The smallest absolute Gasteiger partial charge is 0.336 e. The van der Waals surface area contributed by atoms with Gasteiger partial charge in [0.15, 0.2) is 0 Å². The molecule has 0 spiro atoms. The number of carbonyl (C=O) groups is 2. The molecule has 0 saturated carbocycles. The molecule has 3 rings (SSSR count). The minimum Gasteiger partial charge on any atom is -0.478 e. The Labute approximate surface area is 172 Å². The molecule has 0 aliphatic carbocycles. The highest BCUT2D eigenvalue weighted by molar-refractivity contribution is 6.04. The number of aromatic amines is 1. The molecule has 2 aromatic carbocycles. The van der Waals surface area contributed by atoms with Crippen molar-refractivity contribution in [3.63, 3.8) is 0 Å². The summed E-state index contributed by atoms with van der Waals surface area (Å²) >= 11 is 0. The Morgan fingerprint density at radius 3 is 2.50 bits per heavy atom. The SMILES string of the molecule is N=C(CF)CCCC[C@H](NC(=O)c1ccccc1C(=O)O)c1nc2ccccc2[nH]1. The van der Waals surface area contributed by atoms with Crippen molar-refractivity contribution in [1.82, 2.24) is 15.3 Å². The highest BCUT2D eigenvalue weighted by Crippen LogP contribution is 2.22. The predicted molar refractivity (Wildman–Crippen MR) is 112 cm³/mol. The molecule has 7 nitrogen and oxygen atoms in total. The van der Waals surface area contributed by atoms with E-state index in [1.54, 1.807) is 12.1 Å². The number of unbranched alkanes of at least 4 members (excludes halogenated alkanes) is 1. The molecule has 0 saturated heterocycles. The molecule has 8 heteroatoms. The van der Waals surface area contributed by atoms with Crippen LogP contribution in [0.5, 0.6) is 0 Å². The number of benzene rings is 2. The van der Waals surface area contributed by atoms with Crippen molar-refractivity contribution < 1.29 is 19.1 Å². The second-order valence-electron chi connectivity index (χ2n) is 7.00. The van der Waals surface area contributed by atoms with Gasteiger partial charge in [-0.25, -0.2) is 14.2 Å². The first-order chi connectivity index (χ1) is 14.5. The Hall–Kier alpha value is -3.55. The van der Waals surface area contributed by atoms with Crippen molar-refractivity contribution in [3.05, 3.63) is 65.5 Å². The summed E-state index contributed by atoms with van der Waals surface area (Å²) in [6.07, 6.45) is 2.13. The van der Waals surface area contributed by atoms with Crippen molar-refractivity contribution >= 4 is 28.6 Å². The largest absolute Gasteiger partial charge is 0.478 e. The van der Waals surface area contributed by atoms with Gasteiger partial charge < -0.3 is 20.8 Å². The number of imidazole rings is 1. The number of aromatic carboxylic acids is 1. The maximum Gasteiger partial charge on any atom is 0.336 e. The molecular formula is C22H23FN4O3. The first-order valence-corrected chi connectivity index (χ1v) is 9.69. The van der Waals surface area contributed by atoms with Crippen LogP contribution >= 0.6 is 0 Å². The number of carbonyl (C=O) groups excluding carboxylic acids is 1. The van der Waals surface area contributed by atoms with Crippen LogP contribution in [0.15, 0.2) is 48.5 Å². The number of nitrogens with one attached hydrogen (secondary N) is 3. The van der Waals surface area contributed by atoms with E-state index in [1.807, 2.05) is 24.3 Å². The van der Waals surface area contributed by atoms with E-state index < -0.39 is 24.6 Å². The van der Waals surface area contributed by atoms with Crippen LogP contribution in [0.25, 0.3) is 11.0 Å². The minimum absolute atomic E-state index is 0.0507. The highest BCUT2D eigenvalue weighted by Gasteiger charge is 2.22. The second-order valence-corrected chi connectivity index (χ2v) is 7.00. The average Bonchev–Trinajstić information content (AvgIpc) is 3.19. The summed E-state index contributed by atoms with van der Waals surface area (Å²) < 4.78 is 12.5. The zero-order valence-corrected chi connectivity index (χ0v) is 16.3. The molecule has 3 aromatic rings. The minimum atomic E-state index is -1.18. The Morgan fingerprint density at radius 1 is 1.10 bits per heavy atom. The molecule has 0 radical (unpaired) electrons. The quantitative estimate of drug-likeness (QED) is 0.295. The van der Waals surface area contributed by atoms with Crippen LogP contribution in [0.1, 0.15) is 58.3 Å². The molecular weight excluding hydrogens is 387 g/mol. The van der Waals surface area contributed by atoms with Crippen molar-refractivity contribution in [1.29, 1.82) is 5.41 Å². The zero-order valence-electron chi connectivity index (χ0n) is 16.3. The lowest BCUT2D eigenvalue weighted by molar-refractivity contribution is 0.0690. The molecule has 1 atom stereocenters. The van der Waals surface area contributed by atoms with Gasteiger partial charge in [-0.2, -0.15) is 0 Å². The van der Waals surface area contributed by atoms with E-state index in [2.05, 4.69) is 15.3 Å². The third-order valence-corrected chi connectivity index (χ3v) is 4.83. The molecule has 0 bridgehead atoms. The Kier molecular flexibility index (Phi) is 6.90. The van der Waals surface area contributed by atoms with Crippen LogP contribution in [0.4, 0.5) is 4.39 Å². The summed E-state index contributed by atoms with van der Waals surface area (Å²) in [6.45, 7) is -0.754. The number of nitrogens with zero attached hydrogens (tertiary/aromatic N) is 1. The van der Waals surface area contributed by atoms with E-state index in [0.29, 0.717) is 31.5 Å². The first-order valence-electron chi connectivity index (χ1n) is 9.69. The third kappa shape index (κ3) is 5.08. The number of carboxylic acids is 1. The number of fused-ring (bicyclic) bond motifs is 1. The Balaban J connectivity index is 1.81. The van der Waals surface area contributed by atoms with Gasteiger partial charge >= 0.3 is 5.97 Å². The number of para-hydroxylation sites is 2. The standard InChI is InChI=1S/C22H23FN4O3/c23-13-14(24)7-1-4-12-19(20-25-17-10-5-6-11-18(17)26-20)27-21(28)15-8-2-3-9-16(15)22(29)30/h2-3,5-6,8-11,19,24H,1,4,7,12-13H2,(H,25,26)(H,27,28)(H,29,30)/t19-/m0/s1. The normalized spacial score (nSPS) is 11.9. The molecule has 30 heavy (non-hydrogen) atoms. The van der Waals surface area contributed by atoms with E-state index in [4.69, 9.17) is 5.41 Å². The van der Waals surface area contributed by atoms with Gasteiger partial charge in [0.05, 0.1) is 28.2 Å². The highest BCUT2D eigenvalue weighted by atomic mass is 19.1. The van der Waals surface area contributed by atoms with E-state index in [1.165, 1.54) is 12.1 Å². The van der Waals surface area contributed by atoms with Gasteiger partial charge in [-0.05, 0) is 43.5 Å². The number of alkyl halides is 1. The van der Waals surface area contributed by atoms with Crippen molar-refractivity contribution in [2.45, 2.75) is 31.7 Å². The summed E-state index contributed by atoms with van der Waals surface area (Å²) in [5.41, 5.74) is 1.64. The lowest BCUT2D eigenvalue weighted by Gasteiger charge is -2.17. The zero-order chi connectivity index (χ0) is 21.5. The topological polar surface area (TPSA) is 119 Å². The number of carboxylic acid groups (broad SMARTS) is 1. The molecule has 1 aromatic heterocycles. The monoisotopic (exact) mass is 410 g/mol. The summed E-state index contributed by atoms with van der Waals surface area (Å²) in [6, 6.07) is 13.0. The van der Waals surface area contributed by atoms with Gasteiger partial charge in [-0.1, -0.05) is 30.7 Å². The van der Waals surface area contributed by atoms with E-state index >= 15 is 0 Å². The molecule has 1 amide bonds. The molecule has 1 heterocycles. The summed E-state index contributed by atoms with van der Waals surface area (Å²) in [7, 11) is 0. The Bertz CT molecular complexity index is 1030. The van der Waals surface area contributed by atoms with Crippen LogP contribution in [0.2, 0.25) is 0 Å². The number of H-pyrrole nitrogens is 1. The van der Waals surface area contributed by atoms with E-state index in [-0.39, 0.29) is 16.8 Å². The van der Waals surface area contributed by atoms with Gasteiger partial charge in [0.1, 0.15) is 12.5 Å². The van der Waals surface area contributed by atoms with Crippen LogP contribution < -0.4 is 5.32 Å². The number of halogens is 1. The van der Waals surface area contributed by atoms with Crippen molar-refractivity contribution in [2.75, 3.05) is 6.67 Å². The number of hydrogen-bond acceptors (Lipinski definition) is 4. The van der Waals surface area contributed by atoms with Crippen LogP contribution in [0, 0.1) is 5.41 Å². The van der Waals surface area contributed by atoms with Gasteiger partial charge in [0.25, 0.3) is 5.91 Å². The molecule has 0 aliphatic heterocycles. The second kappa shape index (κ2) is 9.78. The van der Waals surface area contributed by atoms with E-state index in [9.17, 15) is 19.1 Å². The van der Waals surface area contributed by atoms with Crippen molar-refractivity contribution in [3.8, 4) is 0 Å². The number of hydrogen-bond donors (Lipinski definition) is 4. The first kappa shape index (κ1) is 21.2. The lowest BCUT2D eigenvalue weighted by Crippen LogP contribution is -2.30. The average molecular weight is 410 g/mol. The molecule has 156 valence electrons. The third-order valence-electron chi connectivity index (χ3n) is 4.83.